The third-order valence-corrected chi connectivity index (χ3v) is 3.01. The largest absolute Gasteiger partial charge is 0.494 e. The molecule has 0 N–H and O–H groups in total. The number of hydrogen-bond donors (Lipinski definition) is 0. The molecule has 0 saturated carbocycles. The topological polar surface area (TPSA) is 35.5 Å². The number of methoxy groups -OCH3 is 1. The quantitative estimate of drug-likeness (QED) is 0.783. The Labute approximate surface area is 123 Å². The minimum Gasteiger partial charge on any atom is -0.494 e. The fourth-order valence-corrected chi connectivity index (χ4v) is 1.94. The van der Waals surface area contributed by atoms with Gasteiger partial charge >= 0.3 is 0 Å². The van der Waals surface area contributed by atoms with E-state index in [1.807, 2.05) is 30.3 Å². The van der Waals surface area contributed by atoms with Crippen LogP contribution in [0.4, 0.5) is 4.39 Å². The smallest absolute Gasteiger partial charge is 0.165 e. The summed E-state index contributed by atoms with van der Waals surface area (Å²) in [6.07, 6.45) is 0.488. The molecule has 2 aromatic rings. The van der Waals surface area contributed by atoms with Crippen LogP contribution in [0.1, 0.15) is 12.0 Å². The van der Waals surface area contributed by atoms with Gasteiger partial charge in [0.25, 0.3) is 0 Å². The van der Waals surface area contributed by atoms with Gasteiger partial charge in [-0.3, -0.25) is 4.79 Å². The van der Waals surface area contributed by atoms with Gasteiger partial charge in [0.05, 0.1) is 13.7 Å². The number of rotatable bonds is 7. The molecule has 0 aromatic heterocycles. The molecule has 110 valence electrons. The lowest BCUT2D eigenvalue weighted by Gasteiger charge is -2.06. The van der Waals surface area contributed by atoms with Crippen molar-refractivity contribution in [3.8, 4) is 11.5 Å². The number of carbonyl (C=O) groups excluding carboxylic acids is 1. The number of halogens is 1. The van der Waals surface area contributed by atoms with Crippen molar-refractivity contribution in [3.63, 3.8) is 0 Å². The van der Waals surface area contributed by atoms with Gasteiger partial charge in [-0.05, 0) is 29.8 Å². The van der Waals surface area contributed by atoms with Crippen LogP contribution in [-0.4, -0.2) is 19.5 Å². The molecule has 3 nitrogen and oxygen atoms in total. The molecule has 0 fully saturated rings. The van der Waals surface area contributed by atoms with E-state index >= 15 is 0 Å². The van der Waals surface area contributed by atoms with Gasteiger partial charge in [-0.1, -0.05) is 24.3 Å². The molecular formula is C17H17FO3. The normalized spacial score (nSPS) is 10.2. The van der Waals surface area contributed by atoms with E-state index in [2.05, 4.69) is 0 Å². The molecule has 0 atom stereocenters. The van der Waals surface area contributed by atoms with Crippen LogP contribution in [0.25, 0.3) is 0 Å². The fraction of sp³-hybridized carbons (Fsp3) is 0.235. The van der Waals surface area contributed by atoms with Gasteiger partial charge in [0.2, 0.25) is 0 Å². The summed E-state index contributed by atoms with van der Waals surface area (Å²) in [5.41, 5.74) is 0.637. The van der Waals surface area contributed by atoms with E-state index in [0.717, 1.165) is 5.75 Å². The second kappa shape index (κ2) is 7.43. The van der Waals surface area contributed by atoms with E-state index < -0.39 is 5.82 Å². The molecule has 2 aromatic carbocycles. The van der Waals surface area contributed by atoms with E-state index in [-0.39, 0.29) is 18.0 Å². The lowest BCUT2D eigenvalue weighted by molar-refractivity contribution is -0.118. The van der Waals surface area contributed by atoms with Crippen molar-refractivity contribution < 1.29 is 18.7 Å². The van der Waals surface area contributed by atoms with Gasteiger partial charge in [-0.25, -0.2) is 4.39 Å². The van der Waals surface area contributed by atoms with E-state index in [0.29, 0.717) is 18.6 Å². The zero-order valence-electron chi connectivity index (χ0n) is 11.8. The number of para-hydroxylation sites is 1. The first-order valence-electron chi connectivity index (χ1n) is 6.71. The minimum absolute atomic E-state index is 0.00972. The van der Waals surface area contributed by atoms with Crippen molar-refractivity contribution in [2.24, 2.45) is 0 Å². The van der Waals surface area contributed by atoms with Crippen LogP contribution >= 0.6 is 0 Å². The van der Waals surface area contributed by atoms with Crippen molar-refractivity contribution >= 4 is 5.78 Å². The summed E-state index contributed by atoms with van der Waals surface area (Å²) in [5, 5.41) is 0. The SMILES string of the molecule is COc1ccc(CC(=O)CCOc2ccccc2)cc1F. The Bertz CT molecular complexity index is 596. The summed E-state index contributed by atoms with van der Waals surface area (Å²) in [6, 6.07) is 13.9. The first-order chi connectivity index (χ1) is 10.2. The second-order valence-electron chi connectivity index (χ2n) is 4.60. The van der Waals surface area contributed by atoms with E-state index in [1.54, 1.807) is 6.07 Å². The monoisotopic (exact) mass is 288 g/mol. The molecular weight excluding hydrogens is 271 g/mol. The van der Waals surface area contributed by atoms with Gasteiger partial charge in [0.1, 0.15) is 11.5 Å². The van der Waals surface area contributed by atoms with Gasteiger partial charge in [-0.15, -0.1) is 0 Å². The molecule has 0 unspecified atom stereocenters. The lowest BCUT2D eigenvalue weighted by atomic mass is 10.1. The number of ketones is 1. The molecule has 2 rings (SSSR count). The van der Waals surface area contributed by atoms with Crippen LogP contribution in [0.15, 0.2) is 48.5 Å². The molecule has 4 heteroatoms. The lowest BCUT2D eigenvalue weighted by Crippen LogP contribution is -2.09. The molecule has 21 heavy (non-hydrogen) atoms. The Balaban J connectivity index is 1.80. The maximum absolute atomic E-state index is 13.5. The average Bonchev–Trinajstić information content (AvgIpc) is 2.48. The van der Waals surface area contributed by atoms with Gasteiger partial charge < -0.3 is 9.47 Å². The second-order valence-corrected chi connectivity index (χ2v) is 4.60. The molecule has 0 aliphatic heterocycles. The summed E-state index contributed by atoms with van der Waals surface area (Å²) < 4.78 is 23.8. The molecule has 0 amide bonds. The summed E-state index contributed by atoms with van der Waals surface area (Å²) in [6.45, 7) is 0.321. The van der Waals surface area contributed by atoms with E-state index in [1.165, 1.54) is 19.2 Å². The van der Waals surface area contributed by atoms with E-state index in [9.17, 15) is 9.18 Å². The van der Waals surface area contributed by atoms with Crippen LogP contribution in [0, 0.1) is 5.82 Å². The molecule has 0 saturated heterocycles. The van der Waals surface area contributed by atoms with Crippen molar-refractivity contribution in [2.75, 3.05) is 13.7 Å². The predicted molar refractivity (Wildman–Crippen MR) is 78.2 cm³/mol. The molecule has 0 bridgehead atoms. The Morgan fingerprint density at radius 2 is 1.90 bits per heavy atom. The van der Waals surface area contributed by atoms with Crippen molar-refractivity contribution in [1.82, 2.24) is 0 Å². The zero-order chi connectivity index (χ0) is 15.1. The van der Waals surface area contributed by atoms with Crippen molar-refractivity contribution in [1.29, 1.82) is 0 Å². The Kier molecular flexibility index (Phi) is 5.32. The van der Waals surface area contributed by atoms with Crippen LogP contribution in [0.3, 0.4) is 0 Å². The zero-order valence-corrected chi connectivity index (χ0v) is 11.8. The molecule has 0 heterocycles. The Morgan fingerprint density at radius 3 is 2.57 bits per heavy atom. The summed E-state index contributed by atoms with van der Waals surface area (Å²) >= 11 is 0. The third kappa shape index (κ3) is 4.60. The molecule has 0 aliphatic carbocycles. The number of benzene rings is 2. The number of carbonyl (C=O) groups is 1. The van der Waals surface area contributed by atoms with Crippen LogP contribution in [-0.2, 0) is 11.2 Å². The maximum Gasteiger partial charge on any atom is 0.165 e. The number of hydrogen-bond acceptors (Lipinski definition) is 3. The van der Waals surface area contributed by atoms with Crippen LogP contribution in [0.5, 0.6) is 11.5 Å². The van der Waals surface area contributed by atoms with Gasteiger partial charge in [0, 0.05) is 12.8 Å². The molecule has 0 spiro atoms. The number of ether oxygens (including phenoxy) is 2. The summed E-state index contributed by atoms with van der Waals surface area (Å²) in [7, 11) is 1.41. The number of Topliss-reactive ketones (excluding diaryl/α,β-unsaturated/α-hetero) is 1. The third-order valence-electron chi connectivity index (χ3n) is 3.01. The van der Waals surface area contributed by atoms with Crippen LogP contribution in [0.2, 0.25) is 0 Å². The fourth-order valence-electron chi connectivity index (χ4n) is 1.94. The highest BCUT2D eigenvalue weighted by atomic mass is 19.1. The minimum atomic E-state index is -0.455. The van der Waals surface area contributed by atoms with Gasteiger partial charge in [-0.2, -0.15) is 0 Å². The Hall–Kier alpha value is -2.36. The van der Waals surface area contributed by atoms with Crippen LogP contribution < -0.4 is 9.47 Å². The van der Waals surface area contributed by atoms with E-state index in [4.69, 9.17) is 9.47 Å². The highest BCUT2D eigenvalue weighted by Crippen LogP contribution is 2.18. The first kappa shape index (κ1) is 15.0. The summed E-state index contributed by atoms with van der Waals surface area (Å²) in [5.74, 6) is 0.471. The highest BCUT2D eigenvalue weighted by molar-refractivity contribution is 5.81. The maximum atomic E-state index is 13.5. The van der Waals surface area contributed by atoms with Crippen molar-refractivity contribution in [2.45, 2.75) is 12.8 Å². The molecule has 0 aliphatic rings. The Morgan fingerprint density at radius 1 is 1.14 bits per heavy atom. The highest BCUT2D eigenvalue weighted by Gasteiger charge is 2.08. The molecule has 0 radical (unpaired) electrons. The predicted octanol–water partition coefficient (Wildman–Crippen LogP) is 3.42. The first-order valence-corrected chi connectivity index (χ1v) is 6.71. The summed E-state index contributed by atoms with van der Waals surface area (Å²) in [4.78, 5) is 11.8. The van der Waals surface area contributed by atoms with Gasteiger partial charge in [0.15, 0.2) is 11.6 Å². The average molecular weight is 288 g/mol. The van der Waals surface area contributed by atoms with Crippen molar-refractivity contribution in [3.05, 3.63) is 59.9 Å². The standard InChI is InChI=1S/C17H17FO3/c1-20-17-8-7-13(12-16(17)18)11-14(19)9-10-21-15-5-3-2-4-6-15/h2-8,12H,9-11H2,1H3.